The molecule has 1 heterocycles. The van der Waals surface area contributed by atoms with Crippen LogP contribution >= 0.6 is 11.6 Å². The van der Waals surface area contributed by atoms with Gasteiger partial charge >= 0.3 is 0 Å². The molecule has 1 unspecified atom stereocenters. The molecule has 0 saturated carbocycles. The first-order valence-electron chi connectivity index (χ1n) is 7.13. The maximum atomic E-state index is 12.5. The lowest BCUT2D eigenvalue weighted by atomic mass is 10.0. The van der Waals surface area contributed by atoms with Gasteiger partial charge in [-0.3, -0.25) is 4.79 Å². The molecule has 5 heteroatoms. The van der Waals surface area contributed by atoms with Crippen molar-refractivity contribution in [1.29, 1.82) is 0 Å². The number of likely N-dealkylation sites (N-methyl/N-ethyl adjacent to an activating group) is 1. The van der Waals surface area contributed by atoms with Crippen LogP contribution in [-0.2, 0) is 0 Å². The van der Waals surface area contributed by atoms with Gasteiger partial charge < -0.3 is 15.3 Å². The van der Waals surface area contributed by atoms with Crippen molar-refractivity contribution in [2.24, 2.45) is 0 Å². The minimum absolute atomic E-state index is 0.0598. The van der Waals surface area contributed by atoms with Crippen molar-refractivity contribution in [2.45, 2.75) is 32.2 Å². The highest BCUT2D eigenvalue weighted by Gasteiger charge is 2.22. The van der Waals surface area contributed by atoms with E-state index in [0.717, 1.165) is 13.0 Å². The van der Waals surface area contributed by atoms with Gasteiger partial charge in [-0.1, -0.05) is 18.0 Å². The van der Waals surface area contributed by atoms with E-state index in [-0.39, 0.29) is 11.7 Å². The summed E-state index contributed by atoms with van der Waals surface area (Å²) in [4.78, 5) is 14.3. The van der Waals surface area contributed by atoms with E-state index in [1.807, 2.05) is 6.92 Å². The quantitative estimate of drug-likeness (QED) is 0.898. The summed E-state index contributed by atoms with van der Waals surface area (Å²) in [5, 5.41) is 13.3. The van der Waals surface area contributed by atoms with Gasteiger partial charge in [0.25, 0.3) is 5.91 Å². The summed E-state index contributed by atoms with van der Waals surface area (Å²) in [6.07, 6.45) is 3.50. The summed E-state index contributed by atoms with van der Waals surface area (Å²) in [6.45, 7) is 4.28. The van der Waals surface area contributed by atoms with Crippen LogP contribution in [0.2, 0.25) is 5.02 Å². The molecule has 1 fully saturated rings. The highest BCUT2D eigenvalue weighted by atomic mass is 35.5. The number of hydrogen-bond acceptors (Lipinski definition) is 3. The molecule has 0 bridgehead atoms. The highest BCUT2D eigenvalue weighted by molar-refractivity contribution is 6.33. The Labute approximate surface area is 124 Å². The average Bonchev–Trinajstić information content (AvgIpc) is 2.47. The van der Waals surface area contributed by atoms with Gasteiger partial charge in [0.15, 0.2) is 0 Å². The zero-order chi connectivity index (χ0) is 14.5. The number of phenolic OH excluding ortho intramolecular Hbond substituents is 1. The molecule has 1 saturated heterocycles. The summed E-state index contributed by atoms with van der Waals surface area (Å²) in [5.41, 5.74) is 0.365. The maximum Gasteiger partial charge on any atom is 0.255 e. The Kier molecular flexibility index (Phi) is 5.26. The Balaban J connectivity index is 2.09. The van der Waals surface area contributed by atoms with Crippen molar-refractivity contribution in [3.63, 3.8) is 0 Å². The lowest BCUT2D eigenvalue weighted by molar-refractivity contribution is 0.0741. The predicted octanol–water partition coefficient (Wildman–Crippen LogP) is 2.65. The SMILES string of the molecule is CCN(CC1CCCCN1)C(=O)c1cc(O)ccc1Cl. The van der Waals surface area contributed by atoms with E-state index < -0.39 is 0 Å². The molecule has 4 nitrogen and oxygen atoms in total. The molecule has 1 aromatic rings. The summed E-state index contributed by atoms with van der Waals surface area (Å²) < 4.78 is 0. The first-order chi connectivity index (χ1) is 9.61. The van der Waals surface area contributed by atoms with Crippen LogP contribution in [0.3, 0.4) is 0 Å². The van der Waals surface area contributed by atoms with Crippen LogP contribution in [0.1, 0.15) is 36.5 Å². The second-order valence-corrected chi connectivity index (χ2v) is 5.56. The van der Waals surface area contributed by atoms with Gasteiger partial charge in [0.2, 0.25) is 0 Å². The van der Waals surface area contributed by atoms with Gasteiger partial charge in [-0.05, 0) is 44.5 Å². The fraction of sp³-hybridized carbons (Fsp3) is 0.533. The number of aromatic hydroxyl groups is 1. The van der Waals surface area contributed by atoms with E-state index in [1.54, 1.807) is 11.0 Å². The molecule has 1 atom stereocenters. The van der Waals surface area contributed by atoms with E-state index in [9.17, 15) is 9.90 Å². The lowest BCUT2D eigenvalue weighted by Crippen LogP contribution is -2.45. The van der Waals surface area contributed by atoms with Gasteiger partial charge in [-0.15, -0.1) is 0 Å². The first-order valence-corrected chi connectivity index (χ1v) is 7.50. The smallest absolute Gasteiger partial charge is 0.255 e. The zero-order valence-corrected chi connectivity index (χ0v) is 12.5. The zero-order valence-electron chi connectivity index (χ0n) is 11.7. The summed E-state index contributed by atoms with van der Waals surface area (Å²) in [5.74, 6) is -0.0645. The van der Waals surface area contributed by atoms with E-state index >= 15 is 0 Å². The normalized spacial score (nSPS) is 18.8. The maximum absolute atomic E-state index is 12.5. The molecule has 1 amide bonds. The van der Waals surface area contributed by atoms with E-state index in [2.05, 4.69) is 5.32 Å². The van der Waals surface area contributed by atoms with E-state index in [1.165, 1.54) is 25.0 Å². The number of amides is 1. The Bertz CT molecular complexity index is 473. The molecule has 110 valence electrons. The van der Waals surface area contributed by atoms with Crippen molar-refractivity contribution in [2.75, 3.05) is 19.6 Å². The van der Waals surface area contributed by atoms with Gasteiger partial charge in [0.1, 0.15) is 5.75 Å². The van der Waals surface area contributed by atoms with Crippen LogP contribution in [0.5, 0.6) is 5.75 Å². The van der Waals surface area contributed by atoms with Gasteiger partial charge in [-0.2, -0.15) is 0 Å². The Morgan fingerprint density at radius 2 is 2.30 bits per heavy atom. The second-order valence-electron chi connectivity index (χ2n) is 5.15. The first kappa shape index (κ1) is 15.1. The van der Waals surface area contributed by atoms with Gasteiger partial charge in [-0.25, -0.2) is 0 Å². The fourth-order valence-corrected chi connectivity index (χ4v) is 2.75. The number of carbonyl (C=O) groups excluding carboxylic acids is 1. The molecule has 0 aromatic heterocycles. The third kappa shape index (κ3) is 3.64. The Morgan fingerprint density at radius 3 is 2.95 bits per heavy atom. The van der Waals surface area contributed by atoms with Crippen LogP contribution in [0.15, 0.2) is 18.2 Å². The van der Waals surface area contributed by atoms with Crippen molar-refractivity contribution in [3.8, 4) is 5.75 Å². The van der Waals surface area contributed by atoms with Gasteiger partial charge in [0, 0.05) is 19.1 Å². The molecule has 2 rings (SSSR count). The number of piperidine rings is 1. The highest BCUT2D eigenvalue weighted by Crippen LogP contribution is 2.23. The van der Waals surface area contributed by atoms with Crippen LogP contribution in [0.25, 0.3) is 0 Å². The Hall–Kier alpha value is -1.26. The van der Waals surface area contributed by atoms with Crippen LogP contribution in [-0.4, -0.2) is 41.6 Å². The Morgan fingerprint density at radius 1 is 1.50 bits per heavy atom. The second kappa shape index (κ2) is 6.95. The summed E-state index contributed by atoms with van der Waals surface area (Å²) in [7, 11) is 0. The average molecular weight is 297 g/mol. The number of rotatable bonds is 4. The molecule has 0 spiro atoms. The molecule has 1 aliphatic heterocycles. The third-order valence-electron chi connectivity index (χ3n) is 3.70. The predicted molar refractivity (Wildman–Crippen MR) is 80.3 cm³/mol. The fourth-order valence-electron chi connectivity index (χ4n) is 2.55. The van der Waals surface area contributed by atoms with Crippen molar-refractivity contribution < 1.29 is 9.90 Å². The molecule has 0 aliphatic carbocycles. The minimum atomic E-state index is -0.124. The van der Waals surface area contributed by atoms with Crippen LogP contribution in [0, 0.1) is 0 Å². The summed E-state index contributed by atoms with van der Waals surface area (Å²) in [6, 6.07) is 4.82. The minimum Gasteiger partial charge on any atom is -0.508 e. The van der Waals surface area contributed by atoms with Crippen molar-refractivity contribution in [1.82, 2.24) is 10.2 Å². The van der Waals surface area contributed by atoms with Crippen molar-refractivity contribution in [3.05, 3.63) is 28.8 Å². The monoisotopic (exact) mass is 296 g/mol. The number of phenols is 1. The number of halogens is 1. The number of nitrogens with one attached hydrogen (secondary N) is 1. The third-order valence-corrected chi connectivity index (χ3v) is 4.03. The molecule has 2 N–H and O–H groups in total. The molecule has 1 aliphatic rings. The number of carbonyl (C=O) groups is 1. The van der Waals surface area contributed by atoms with Crippen molar-refractivity contribution >= 4 is 17.5 Å². The van der Waals surface area contributed by atoms with E-state index in [0.29, 0.717) is 29.7 Å². The molecule has 20 heavy (non-hydrogen) atoms. The molecular weight excluding hydrogens is 276 g/mol. The van der Waals surface area contributed by atoms with Gasteiger partial charge in [0.05, 0.1) is 10.6 Å². The number of hydrogen-bond donors (Lipinski definition) is 2. The molecule has 1 aromatic carbocycles. The largest absolute Gasteiger partial charge is 0.508 e. The van der Waals surface area contributed by atoms with Crippen LogP contribution < -0.4 is 5.32 Å². The molecular formula is C15H21ClN2O2. The summed E-state index contributed by atoms with van der Waals surface area (Å²) >= 11 is 6.06. The lowest BCUT2D eigenvalue weighted by Gasteiger charge is -2.30. The van der Waals surface area contributed by atoms with E-state index in [4.69, 9.17) is 11.6 Å². The van der Waals surface area contributed by atoms with Crippen LogP contribution in [0.4, 0.5) is 0 Å². The number of nitrogens with zero attached hydrogens (tertiary/aromatic N) is 1. The standard InChI is InChI=1S/C15H21ClN2O2/c1-2-18(10-11-5-3-4-8-17-11)15(20)13-9-12(19)6-7-14(13)16/h6-7,9,11,17,19H,2-5,8,10H2,1H3. The number of benzene rings is 1. The molecule has 0 radical (unpaired) electrons. The topological polar surface area (TPSA) is 52.6 Å².